The molecule has 0 heterocycles. The van der Waals surface area contributed by atoms with Crippen LogP contribution >= 0.6 is 0 Å². The maximum Gasteiger partial charge on any atom is 0.0409 e. The van der Waals surface area contributed by atoms with Crippen LogP contribution in [-0.2, 0) is 5.54 Å². The fourth-order valence-corrected chi connectivity index (χ4v) is 2.97. The molecule has 0 spiro atoms. The minimum absolute atomic E-state index is 0.0715. The van der Waals surface area contributed by atoms with Gasteiger partial charge in [-0.25, -0.2) is 0 Å². The molecule has 1 aliphatic carbocycles. The Labute approximate surface area is 103 Å². The average Bonchev–Trinajstić information content (AvgIpc) is 2.76. The molecule has 1 nitrogen and oxygen atoms in total. The van der Waals surface area contributed by atoms with Gasteiger partial charge in [0.2, 0.25) is 0 Å². The van der Waals surface area contributed by atoms with Crippen molar-refractivity contribution < 1.29 is 0 Å². The van der Waals surface area contributed by atoms with Crippen molar-refractivity contribution in [2.45, 2.75) is 38.1 Å². The van der Waals surface area contributed by atoms with Gasteiger partial charge in [-0.05, 0) is 42.2 Å². The van der Waals surface area contributed by atoms with Gasteiger partial charge < -0.3 is 5.73 Å². The molecular formula is C16H19N. The smallest absolute Gasteiger partial charge is 0.0409 e. The third kappa shape index (κ3) is 1.85. The molecule has 0 aliphatic heterocycles. The zero-order valence-electron chi connectivity index (χ0n) is 10.4. The summed E-state index contributed by atoms with van der Waals surface area (Å²) in [6.07, 6.45) is 4.79. The predicted octanol–water partition coefficient (Wildman–Crippen LogP) is 3.88. The van der Waals surface area contributed by atoms with Crippen LogP contribution in [0, 0.1) is 6.92 Å². The van der Waals surface area contributed by atoms with E-state index in [0.29, 0.717) is 0 Å². The number of fused-ring (bicyclic) bond motifs is 1. The van der Waals surface area contributed by atoms with E-state index >= 15 is 0 Å². The zero-order chi connectivity index (χ0) is 11.9. The van der Waals surface area contributed by atoms with Gasteiger partial charge in [0.25, 0.3) is 0 Å². The molecule has 2 aromatic rings. The number of aryl methyl sites for hydroxylation is 1. The Balaban J connectivity index is 2.12. The standard InChI is InChI=1S/C16H19N/c1-12-4-5-13-6-7-15(11-14(13)10-12)16(17)8-2-3-9-16/h4-7,10-11H,2-3,8-9,17H2,1H3. The lowest BCUT2D eigenvalue weighted by atomic mass is 9.88. The molecule has 2 aromatic carbocycles. The lowest BCUT2D eigenvalue weighted by Crippen LogP contribution is -2.32. The van der Waals surface area contributed by atoms with Crippen molar-refractivity contribution in [3.8, 4) is 0 Å². The molecule has 2 N–H and O–H groups in total. The van der Waals surface area contributed by atoms with Crippen LogP contribution in [0.1, 0.15) is 36.8 Å². The van der Waals surface area contributed by atoms with Gasteiger partial charge in [0.15, 0.2) is 0 Å². The summed E-state index contributed by atoms with van der Waals surface area (Å²) in [6, 6.07) is 13.3. The van der Waals surface area contributed by atoms with Crippen molar-refractivity contribution in [3.05, 3.63) is 47.5 Å². The van der Waals surface area contributed by atoms with E-state index in [0.717, 1.165) is 12.8 Å². The molecule has 0 bridgehead atoms. The number of hydrogen-bond acceptors (Lipinski definition) is 1. The Hall–Kier alpha value is -1.34. The van der Waals surface area contributed by atoms with Crippen LogP contribution in [-0.4, -0.2) is 0 Å². The average molecular weight is 225 g/mol. The van der Waals surface area contributed by atoms with Crippen LogP contribution in [0.3, 0.4) is 0 Å². The van der Waals surface area contributed by atoms with Crippen molar-refractivity contribution in [1.29, 1.82) is 0 Å². The first-order valence-electron chi connectivity index (χ1n) is 6.47. The minimum Gasteiger partial charge on any atom is -0.321 e. The molecule has 0 saturated heterocycles. The molecule has 0 radical (unpaired) electrons. The molecule has 0 unspecified atom stereocenters. The number of benzene rings is 2. The Kier molecular flexibility index (Phi) is 2.44. The molecule has 3 rings (SSSR count). The highest BCUT2D eigenvalue weighted by Gasteiger charge is 2.31. The summed E-state index contributed by atoms with van der Waals surface area (Å²) in [5, 5.41) is 2.63. The van der Waals surface area contributed by atoms with E-state index in [1.165, 1.54) is 34.7 Å². The normalized spacial score (nSPS) is 18.7. The first-order chi connectivity index (χ1) is 8.17. The van der Waals surface area contributed by atoms with Gasteiger partial charge in [-0.3, -0.25) is 0 Å². The first-order valence-corrected chi connectivity index (χ1v) is 6.47. The van der Waals surface area contributed by atoms with Crippen molar-refractivity contribution in [1.82, 2.24) is 0 Å². The van der Waals surface area contributed by atoms with Crippen LogP contribution < -0.4 is 5.73 Å². The molecule has 0 atom stereocenters. The molecule has 17 heavy (non-hydrogen) atoms. The van der Waals surface area contributed by atoms with Crippen LogP contribution in [0.15, 0.2) is 36.4 Å². The summed E-state index contributed by atoms with van der Waals surface area (Å²) in [4.78, 5) is 0. The van der Waals surface area contributed by atoms with E-state index in [4.69, 9.17) is 5.73 Å². The Morgan fingerprint density at radius 3 is 2.41 bits per heavy atom. The van der Waals surface area contributed by atoms with Crippen molar-refractivity contribution in [3.63, 3.8) is 0 Å². The quantitative estimate of drug-likeness (QED) is 0.783. The number of nitrogens with two attached hydrogens (primary N) is 1. The Morgan fingerprint density at radius 1 is 0.941 bits per heavy atom. The summed E-state index contributed by atoms with van der Waals surface area (Å²) >= 11 is 0. The highest BCUT2D eigenvalue weighted by Crippen LogP contribution is 2.37. The van der Waals surface area contributed by atoms with E-state index in [-0.39, 0.29) is 5.54 Å². The molecule has 1 saturated carbocycles. The lowest BCUT2D eigenvalue weighted by Gasteiger charge is -2.24. The second-order valence-corrected chi connectivity index (χ2v) is 5.43. The van der Waals surface area contributed by atoms with Gasteiger partial charge in [-0.2, -0.15) is 0 Å². The molecule has 0 aromatic heterocycles. The third-order valence-electron chi connectivity index (χ3n) is 4.07. The van der Waals surface area contributed by atoms with Gasteiger partial charge >= 0.3 is 0 Å². The Morgan fingerprint density at radius 2 is 1.65 bits per heavy atom. The zero-order valence-corrected chi connectivity index (χ0v) is 10.4. The van der Waals surface area contributed by atoms with Crippen molar-refractivity contribution in [2.75, 3.05) is 0 Å². The second kappa shape index (κ2) is 3.85. The van der Waals surface area contributed by atoms with E-state index in [2.05, 4.69) is 43.3 Å². The summed E-state index contributed by atoms with van der Waals surface area (Å²) in [6.45, 7) is 2.14. The summed E-state index contributed by atoms with van der Waals surface area (Å²) < 4.78 is 0. The highest BCUT2D eigenvalue weighted by molar-refractivity contribution is 5.84. The number of hydrogen-bond donors (Lipinski definition) is 1. The van der Waals surface area contributed by atoms with Gasteiger partial charge in [-0.15, -0.1) is 0 Å². The Bertz CT molecular complexity index is 550. The largest absolute Gasteiger partial charge is 0.321 e. The molecule has 1 aliphatic rings. The monoisotopic (exact) mass is 225 g/mol. The maximum atomic E-state index is 6.51. The first kappa shape index (κ1) is 10.8. The molecule has 1 heteroatoms. The number of rotatable bonds is 1. The van der Waals surface area contributed by atoms with Crippen LogP contribution in [0.5, 0.6) is 0 Å². The maximum absolute atomic E-state index is 6.51. The SMILES string of the molecule is Cc1ccc2ccc(C3(N)CCCC3)cc2c1. The fraction of sp³-hybridized carbons (Fsp3) is 0.375. The predicted molar refractivity (Wildman–Crippen MR) is 73.0 cm³/mol. The fourth-order valence-electron chi connectivity index (χ4n) is 2.97. The van der Waals surface area contributed by atoms with Crippen molar-refractivity contribution in [2.24, 2.45) is 5.73 Å². The van der Waals surface area contributed by atoms with Crippen LogP contribution in [0.4, 0.5) is 0 Å². The highest BCUT2D eigenvalue weighted by atomic mass is 14.8. The van der Waals surface area contributed by atoms with Gasteiger partial charge in [0.05, 0.1) is 0 Å². The summed E-state index contributed by atoms with van der Waals surface area (Å²) in [7, 11) is 0. The van der Waals surface area contributed by atoms with E-state index in [9.17, 15) is 0 Å². The minimum atomic E-state index is -0.0715. The topological polar surface area (TPSA) is 26.0 Å². The van der Waals surface area contributed by atoms with Crippen LogP contribution in [0.25, 0.3) is 10.8 Å². The van der Waals surface area contributed by atoms with Gasteiger partial charge in [-0.1, -0.05) is 48.7 Å². The van der Waals surface area contributed by atoms with Gasteiger partial charge in [0, 0.05) is 5.54 Å². The molecular weight excluding hydrogens is 206 g/mol. The molecule has 1 fully saturated rings. The summed E-state index contributed by atoms with van der Waals surface area (Å²) in [5.74, 6) is 0. The van der Waals surface area contributed by atoms with Gasteiger partial charge in [0.1, 0.15) is 0 Å². The second-order valence-electron chi connectivity index (χ2n) is 5.43. The molecule has 88 valence electrons. The molecule has 0 amide bonds. The van der Waals surface area contributed by atoms with E-state index in [1.54, 1.807) is 0 Å². The van der Waals surface area contributed by atoms with Crippen LogP contribution in [0.2, 0.25) is 0 Å². The van der Waals surface area contributed by atoms with E-state index in [1.807, 2.05) is 0 Å². The lowest BCUT2D eigenvalue weighted by molar-refractivity contribution is 0.462. The third-order valence-corrected chi connectivity index (χ3v) is 4.07. The summed E-state index contributed by atoms with van der Waals surface area (Å²) in [5.41, 5.74) is 9.06. The van der Waals surface area contributed by atoms with Crippen molar-refractivity contribution >= 4 is 10.8 Å². The van der Waals surface area contributed by atoms with E-state index < -0.39 is 0 Å².